The third-order valence-electron chi connectivity index (χ3n) is 8.12. The van der Waals surface area contributed by atoms with E-state index in [9.17, 15) is 38.4 Å². The first-order valence-corrected chi connectivity index (χ1v) is 15.7. The lowest BCUT2D eigenvalue weighted by Crippen LogP contribution is -2.55. The summed E-state index contributed by atoms with van der Waals surface area (Å²) in [6.45, 7) is 7.14. The van der Waals surface area contributed by atoms with Gasteiger partial charge in [-0.2, -0.15) is 26.3 Å². The molecule has 0 aromatic heterocycles. The van der Waals surface area contributed by atoms with Crippen LogP contribution in [0, 0.1) is 11.8 Å². The second kappa shape index (κ2) is 13.5. The molecule has 0 spiro atoms. The zero-order chi connectivity index (χ0) is 40.2. The van der Waals surface area contributed by atoms with Crippen LogP contribution in [0.1, 0.15) is 94.1 Å². The first-order valence-electron chi connectivity index (χ1n) is 15.7. The molecule has 0 saturated carbocycles. The van der Waals surface area contributed by atoms with E-state index in [1.807, 2.05) is 10.6 Å². The molecule has 284 valence electrons. The Bertz CT molecular complexity index is 1810. The van der Waals surface area contributed by atoms with Crippen molar-refractivity contribution >= 4 is 46.9 Å². The van der Waals surface area contributed by atoms with E-state index in [0.29, 0.717) is 24.3 Å². The van der Waals surface area contributed by atoms with Crippen LogP contribution in [0.5, 0.6) is 0 Å². The highest BCUT2D eigenvalue weighted by atomic mass is 19.4. The van der Waals surface area contributed by atoms with E-state index in [-0.39, 0.29) is 12.1 Å². The van der Waals surface area contributed by atoms with Crippen molar-refractivity contribution in [3.8, 4) is 0 Å². The van der Waals surface area contributed by atoms with Gasteiger partial charge in [0.1, 0.15) is 23.0 Å². The highest BCUT2D eigenvalue weighted by Gasteiger charge is 2.73. The molecule has 53 heavy (non-hydrogen) atoms. The number of carbonyl (C=O) groups is 8. The van der Waals surface area contributed by atoms with Gasteiger partial charge in [-0.15, -0.1) is 0 Å². The lowest BCUT2D eigenvalue weighted by atomic mass is 9.71. The average Bonchev–Trinajstić information content (AvgIpc) is 3.39. The maximum absolute atomic E-state index is 15.1. The van der Waals surface area contributed by atoms with Crippen LogP contribution in [0.2, 0.25) is 0 Å². The minimum absolute atomic E-state index is 0.181. The third kappa shape index (κ3) is 7.57. The predicted molar refractivity (Wildman–Crippen MR) is 169 cm³/mol. The number of Topliss-reactive ketones (excluding diaryl/α,β-unsaturated/α-hetero) is 6. The molecule has 2 unspecified atom stereocenters. The normalized spacial score (nSPS) is 17.7. The smallest absolute Gasteiger partial charge is 0.411 e. The monoisotopic (exact) mass is 754 g/mol. The molecule has 2 aromatic rings. The number of amides is 2. The molecule has 2 amide bonds. The van der Waals surface area contributed by atoms with Crippen LogP contribution in [-0.4, -0.2) is 83.5 Å². The first kappa shape index (κ1) is 40.4. The van der Waals surface area contributed by atoms with E-state index >= 15 is 26.3 Å². The van der Waals surface area contributed by atoms with E-state index in [2.05, 4.69) is 0 Å². The largest absolute Gasteiger partial charge is 0.444 e. The Kier molecular flexibility index (Phi) is 10.3. The van der Waals surface area contributed by atoms with Gasteiger partial charge in [0.05, 0.1) is 13.1 Å². The zero-order valence-corrected chi connectivity index (χ0v) is 28.9. The summed E-state index contributed by atoms with van der Waals surface area (Å²) in [4.78, 5) is 102. The van der Waals surface area contributed by atoms with E-state index < -0.39 is 134 Å². The molecule has 2 aromatic carbocycles. The van der Waals surface area contributed by atoms with Gasteiger partial charge in [0.15, 0.2) is 34.7 Å². The molecule has 0 radical (unpaired) electrons. The van der Waals surface area contributed by atoms with E-state index in [1.165, 1.54) is 41.5 Å². The predicted octanol–water partition coefficient (Wildman–Crippen LogP) is 5.28. The third-order valence-corrected chi connectivity index (χ3v) is 8.12. The van der Waals surface area contributed by atoms with Gasteiger partial charge in [-0.1, -0.05) is 24.3 Å². The molecule has 18 heteroatoms. The molecule has 0 saturated heterocycles. The number of rotatable bonds is 8. The van der Waals surface area contributed by atoms with Crippen LogP contribution >= 0.6 is 0 Å². The lowest BCUT2D eigenvalue weighted by molar-refractivity contribution is -0.288. The maximum Gasteiger partial charge on any atom is 0.411 e. The maximum atomic E-state index is 15.1. The van der Waals surface area contributed by atoms with Crippen molar-refractivity contribution in [1.82, 2.24) is 10.6 Å². The number of ether oxygens (including phenoxy) is 2. The van der Waals surface area contributed by atoms with Crippen LogP contribution < -0.4 is 10.6 Å². The quantitative estimate of drug-likeness (QED) is 0.266. The molecule has 0 fully saturated rings. The Labute approximate surface area is 296 Å². The summed E-state index contributed by atoms with van der Waals surface area (Å²) in [5, 5.41) is 4.06. The second-order valence-corrected chi connectivity index (χ2v) is 14.2. The highest BCUT2D eigenvalue weighted by Crippen LogP contribution is 2.57. The van der Waals surface area contributed by atoms with Crippen molar-refractivity contribution < 1.29 is 74.2 Å². The summed E-state index contributed by atoms with van der Waals surface area (Å²) in [6.07, 6.45) is -14.7. The first-order chi connectivity index (χ1) is 24.1. The van der Waals surface area contributed by atoms with E-state index in [4.69, 9.17) is 9.47 Å². The summed E-state index contributed by atoms with van der Waals surface area (Å²) < 4.78 is 100. The standard InChI is InChI=1S/C35H32F6N2O10/c1-31(2,3)52-29(50)42-13-21(44)23-25(46)17-9-7-15(11-19(17)27(23)48)33(34(36,37)38,35(39,40)41)16-8-10-18-20(12-16)28(49)24(26(18)47)22(45)14-43-30(51)53-32(4,5)6/h7-12,23-24H,13-14H2,1-6H3,(H,42,50)(H,43,51). The number of alkyl halides is 6. The number of hydrogen-bond acceptors (Lipinski definition) is 10. The molecule has 0 aliphatic heterocycles. The minimum atomic E-state index is -6.26. The zero-order valence-electron chi connectivity index (χ0n) is 28.9. The topological polar surface area (TPSA) is 179 Å². The highest BCUT2D eigenvalue weighted by molar-refractivity contribution is 6.36. The molecule has 2 N–H and O–H groups in total. The van der Waals surface area contributed by atoms with Gasteiger partial charge in [-0.05, 0) is 64.8 Å². The fourth-order valence-corrected chi connectivity index (χ4v) is 5.97. The molecule has 12 nitrogen and oxygen atoms in total. The van der Waals surface area contributed by atoms with Crippen molar-refractivity contribution in [2.75, 3.05) is 13.1 Å². The summed E-state index contributed by atoms with van der Waals surface area (Å²) in [5.41, 5.74) is -13.4. The Morgan fingerprint density at radius 1 is 0.547 bits per heavy atom. The van der Waals surface area contributed by atoms with Gasteiger partial charge in [0, 0.05) is 22.3 Å². The number of halogens is 6. The summed E-state index contributed by atoms with van der Waals surface area (Å²) in [7, 11) is 0. The summed E-state index contributed by atoms with van der Waals surface area (Å²) in [6, 6.07) is 2.01. The Hall–Kier alpha value is -5.42. The number of ketones is 6. The molecular formula is C35H32F6N2O10. The van der Waals surface area contributed by atoms with Gasteiger partial charge < -0.3 is 20.1 Å². The average molecular weight is 755 g/mol. The van der Waals surface area contributed by atoms with Crippen LogP contribution in [0.3, 0.4) is 0 Å². The van der Waals surface area contributed by atoms with Crippen molar-refractivity contribution in [2.24, 2.45) is 11.8 Å². The van der Waals surface area contributed by atoms with Gasteiger partial charge in [-0.3, -0.25) is 28.8 Å². The van der Waals surface area contributed by atoms with Gasteiger partial charge in [-0.25, -0.2) is 9.59 Å². The molecule has 2 atom stereocenters. The Morgan fingerprint density at radius 3 is 1.13 bits per heavy atom. The number of fused-ring (bicyclic) bond motifs is 2. The number of hydrogen-bond donors (Lipinski definition) is 2. The van der Waals surface area contributed by atoms with Crippen molar-refractivity contribution in [3.63, 3.8) is 0 Å². The second-order valence-electron chi connectivity index (χ2n) is 14.2. The Morgan fingerprint density at radius 2 is 0.849 bits per heavy atom. The van der Waals surface area contributed by atoms with Crippen molar-refractivity contribution in [1.29, 1.82) is 0 Å². The van der Waals surface area contributed by atoms with Crippen molar-refractivity contribution in [2.45, 2.75) is 70.5 Å². The molecular weight excluding hydrogens is 722 g/mol. The van der Waals surface area contributed by atoms with E-state index in [0.717, 1.165) is 0 Å². The summed E-state index contributed by atoms with van der Waals surface area (Å²) >= 11 is 0. The van der Waals surface area contributed by atoms with Crippen LogP contribution in [0.25, 0.3) is 0 Å². The van der Waals surface area contributed by atoms with Crippen LogP contribution in [0.15, 0.2) is 36.4 Å². The fourth-order valence-electron chi connectivity index (χ4n) is 5.97. The van der Waals surface area contributed by atoms with Crippen LogP contribution in [0.4, 0.5) is 35.9 Å². The number of carbonyl (C=O) groups excluding carboxylic acids is 8. The Balaban J connectivity index is 1.73. The molecule has 0 bridgehead atoms. The number of alkyl carbamates (subject to hydrolysis) is 2. The number of nitrogens with one attached hydrogen (secondary N) is 2. The van der Waals surface area contributed by atoms with Crippen molar-refractivity contribution in [3.05, 3.63) is 69.8 Å². The number of benzene rings is 2. The SMILES string of the molecule is CC(C)(C)OC(=O)NCC(=O)C1C(=O)c2ccc(C(c3ccc4c(c3)C(=O)C(C(=O)CNC(=O)OC(C)(C)C)C4=O)(C(F)(F)F)C(F)(F)F)cc2C1=O. The van der Waals surface area contributed by atoms with Crippen LogP contribution in [-0.2, 0) is 24.5 Å². The fraction of sp³-hybridized carbons (Fsp3) is 0.429. The minimum Gasteiger partial charge on any atom is -0.444 e. The molecule has 4 rings (SSSR count). The van der Waals surface area contributed by atoms with Gasteiger partial charge >= 0.3 is 24.5 Å². The summed E-state index contributed by atoms with van der Waals surface area (Å²) in [5.74, 6) is -12.1. The molecule has 2 aliphatic rings. The molecule has 2 aliphatic carbocycles. The lowest BCUT2D eigenvalue weighted by Gasteiger charge is -2.38. The van der Waals surface area contributed by atoms with Gasteiger partial charge in [0.2, 0.25) is 5.41 Å². The van der Waals surface area contributed by atoms with E-state index in [1.54, 1.807) is 0 Å². The molecule has 0 heterocycles. The van der Waals surface area contributed by atoms with Gasteiger partial charge in [0.25, 0.3) is 0 Å².